The standard InChI is InChI=1S/C34H45FN4O7/c1-3-26-33(43)37-21-22-12-14-27(25(35)19-22)46-29-20-24(13-15-28(29)45-2)32(42)36-16-8-18-39(17-7-11-30(40)38-26)34(44)31(41)23-9-5-4-6-10-23/h12-15,19-20,23,26,31,41H,3-11,16-18,21H2,1-2H3,(H,36,42)(H,37,43)(H,38,40)/t26-,31+/m0/s1. The van der Waals surface area contributed by atoms with Crippen LogP contribution < -0.4 is 25.4 Å². The van der Waals surface area contributed by atoms with Crippen LogP contribution in [0, 0.1) is 11.7 Å². The van der Waals surface area contributed by atoms with Crippen molar-refractivity contribution in [2.75, 3.05) is 26.7 Å². The zero-order valence-electron chi connectivity index (χ0n) is 26.6. The Morgan fingerprint density at radius 3 is 2.50 bits per heavy atom. The molecule has 2 aromatic rings. The third kappa shape index (κ3) is 9.41. The first-order valence-electron chi connectivity index (χ1n) is 16.2. The monoisotopic (exact) mass is 640 g/mol. The number of carbonyl (C=O) groups excluding carboxylic acids is 4. The lowest BCUT2D eigenvalue weighted by Gasteiger charge is -2.31. The minimum absolute atomic E-state index is 0.0295. The van der Waals surface area contributed by atoms with Gasteiger partial charge < -0.3 is 35.4 Å². The molecule has 0 unspecified atom stereocenters. The number of nitrogens with zero attached hydrogens (tertiary/aromatic N) is 1. The van der Waals surface area contributed by atoms with Gasteiger partial charge in [0.25, 0.3) is 11.8 Å². The largest absolute Gasteiger partial charge is 0.493 e. The van der Waals surface area contributed by atoms with Crippen LogP contribution in [0.5, 0.6) is 17.2 Å². The molecule has 2 atom stereocenters. The second-order valence-electron chi connectivity index (χ2n) is 11.9. The van der Waals surface area contributed by atoms with Crippen molar-refractivity contribution in [1.82, 2.24) is 20.9 Å². The van der Waals surface area contributed by atoms with Gasteiger partial charge in [-0.2, -0.15) is 0 Å². The highest BCUT2D eigenvalue weighted by Gasteiger charge is 2.31. The number of rotatable bonds is 4. The van der Waals surface area contributed by atoms with Crippen molar-refractivity contribution >= 4 is 23.6 Å². The minimum atomic E-state index is -1.11. The second-order valence-corrected chi connectivity index (χ2v) is 11.9. The van der Waals surface area contributed by atoms with Crippen molar-refractivity contribution in [3.05, 3.63) is 53.3 Å². The Morgan fingerprint density at radius 1 is 1.02 bits per heavy atom. The fourth-order valence-electron chi connectivity index (χ4n) is 5.86. The maximum absolute atomic E-state index is 15.0. The molecule has 1 saturated carbocycles. The lowest BCUT2D eigenvalue weighted by atomic mass is 9.85. The van der Waals surface area contributed by atoms with E-state index in [0.29, 0.717) is 30.6 Å². The number of aliphatic hydroxyl groups is 1. The normalized spacial score (nSPS) is 20.1. The van der Waals surface area contributed by atoms with Crippen LogP contribution in [0.25, 0.3) is 0 Å². The number of aliphatic hydroxyl groups excluding tert-OH is 1. The Balaban J connectivity index is 1.54. The molecule has 3 aliphatic rings. The molecule has 4 N–H and O–H groups in total. The van der Waals surface area contributed by atoms with E-state index in [9.17, 15) is 24.3 Å². The van der Waals surface area contributed by atoms with Gasteiger partial charge in [0.05, 0.1) is 7.11 Å². The highest BCUT2D eigenvalue weighted by Crippen LogP contribution is 2.34. The minimum Gasteiger partial charge on any atom is -0.493 e. The maximum Gasteiger partial charge on any atom is 0.251 e. The number of nitrogens with one attached hydrogen (secondary N) is 3. The van der Waals surface area contributed by atoms with E-state index >= 15 is 4.39 Å². The number of benzene rings is 2. The van der Waals surface area contributed by atoms with Gasteiger partial charge in [0, 0.05) is 38.2 Å². The van der Waals surface area contributed by atoms with Gasteiger partial charge in [-0.05, 0) is 73.9 Å². The molecule has 12 heteroatoms. The quantitative estimate of drug-likeness (QED) is 0.398. The fourth-order valence-corrected chi connectivity index (χ4v) is 5.86. The Labute approximate surface area is 269 Å². The van der Waals surface area contributed by atoms with Gasteiger partial charge in [-0.1, -0.05) is 32.3 Å². The molecule has 2 aromatic carbocycles. The zero-order chi connectivity index (χ0) is 33.1. The number of hydrogen-bond acceptors (Lipinski definition) is 7. The first-order valence-corrected chi connectivity index (χ1v) is 16.2. The summed E-state index contributed by atoms with van der Waals surface area (Å²) >= 11 is 0. The van der Waals surface area contributed by atoms with Gasteiger partial charge in [-0.25, -0.2) is 4.39 Å². The van der Waals surface area contributed by atoms with Crippen LogP contribution in [-0.2, 0) is 20.9 Å². The van der Waals surface area contributed by atoms with E-state index in [2.05, 4.69) is 16.0 Å². The van der Waals surface area contributed by atoms with E-state index in [4.69, 9.17) is 9.47 Å². The molecule has 0 saturated heterocycles. The number of methoxy groups -OCH3 is 1. The van der Waals surface area contributed by atoms with E-state index in [1.807, 2.05) is 0 Å². The molecule has 46 heavy (non-hydrogen) atoms. The molecule has 5 rings (SSSR count). The van der Waals surface area contributed by atoms with Crippen LogP contribution in [-0.4, -0.2) is 72.5 Å². The molecule has 0 radical (unpaired) electrons. The zero-order valence-corrected chi connectivity index (χ0v) is 26.6. The smallest absolute Gasteiger partial charge is 0.251 e. The van der Waals surface area contributed by atoms with Crippen molar-refractivity contribution in [3.8, 4) is 17.2 Å². The van der Waals surface area contributed by atoms with Crippen molar-refractivity contribution in [2.24, 2.45) is 5.92 Å². The summed E-state index contributed by atoms with van der Waals surface area (Å²) in [7, 11) is 1.44. The first-order chi connectivity index (χ1) is 22.2. The van der Waals surface area contributed by atoms with Crippen molar-refractivity contribution in [3.63, 3.8) is 0 Å². The molecule has 4 bridgehead atoms. The number of carbonyl (C=O) groups is 4. The van der Waals surface area contributed by atoms with Gasteiger partial charge in [0.2, 0.25) is 11.8 Å². The van der Waals surface area contributed by atoms with Crippen LogP contribution in [0.2, 0.25) is 0 Å². The van der Waals surface area contributed by atoms with E-state index in [1.165, 1.54) is 25.3 Å². The van der Waals surface area contributed by atoms with Crippen LogP contribution in [0.3, 0.4) is 0 Å². The number of halogens is 1. The Bertz CT molecular complexity index is 1380. The first kappa shape index (κ1) is 34.7. The highest BCUT2D eigenvalue weighted by molar-refractivity contribution is 5.95. The summed E-state index contributed by atoms with van der Waals surface area (Å²) in [6.45, 7) is 2.57. The molecule has 2 heterocycles. The molecule has 0 aromatic heterocycles. The van der Waals surface area contributed by atoms with Gasteiger partial charge in [-0.15, -0.1) is 0 Å². The molecule has 1 aliphatic carbocycles. The Morgan fingerprint density at radius 2 is 1.78 bits per heavy atom. The summed E-state index contributed by atoms with van der Waals surface area (Å²) in [4.78, 5) is 53.6. The Hall–Kier alpha value is -4.19. The molecule has 4 amide bonds. The molecule has 11 nitrogen and oxygen atoms in total. The average Bonchev–Trinajstić information content (AvgIpc) is 3.07. The van der Waals surface area contributed by atoms with E-state index in [0.717, 1.165) is 32.1 Å². The summed E-state index contributed by atoms with van der Waals surface area (Å²) in [5, 5.41) is 19.3. The molecule has 250 valence electrons. The van der Waals surface area contributed by atoms with Gasteiger partial charge >= 0.3 is 0 Å². The number of hydrogen-bond donors (Lipinski definition) is 4. The van der Waals surface area contributed by atoms with Crippen molar-refractivity contribution < 1.29 is 38.1 Å². The second kappa shape index (κ2) is 16.9. The van der Waals surface area contributed by atoms with Gasteiger partial charge in [0.1, 0.15) is 12.1 Å². The lowest BCUT2D eigenvalue weighted by molar-refractivity contribution is -0.144. The SMILES string of the molecule is CC[C@@H]1NC(=O)CCCN(C(=O)[C@H](O)C2CCCCC2)CCCNC(=O)c2ccc(OC)c(c2)Oc2ccc(cc2F)CNC1=O. The number of fused-ring (bicyclic) bond motifs is 16. The van der Waals surface area contributed by atoms with E-state index in [-0.39, 0.29) is 73.3 Å². The molecular formula is C34H45FN4O7. The summed E-state index contributed by atoms with van der Waals surface area (Å²) < 4.78 is 26.2. The van der Waals surface area contributed by atoms with Gasteiger partial charge in [0.15, 0.2) is 23.1 Å². The van der Waals surface area contributed by atoms with E-state index in [1.54, 1.807) is 30.0 Å². The van der Waals surface area contributed by atoms with E-state index < -0.39 is 23.9 Å². The molecule has 2 aliphatic heterocycles. The van der Waals surface area contributed by atoms with Crippen molar-refractivity contribution in [2.45, 2.75) is 83.4 Å². The number of ether oxygens (including phenoxy) is 2. The summed E-state index contributed by atoms with van der Waals surface area (Å²) in [5.41, 5.74) is 0.754. The van der Waals surface area contributed by atoms with Gasteiger partial charge in [-0.3, -0.25) is 19.2 Å². The predicted molar refractivity (Wildman–Crippen MR) is 169 cm³/mol. The lowest BCUT2D eigenvalue weighted by Crippen LogP contribution is -2.46. The molecule has 0 spiro atoms. The van der Waals surface area contributed by atoms with Crippen molar-refractivity contribution in [1.29, 1.82) is 0 Å². The van der Waals surface area contributed by atoms with Crippen LogP contribution >= 0.6 is 0 Å². The summed E-state index contributed by atoms with van der Waals surface area (Å²) in [6, 6.07) is 8.07. The molecule has 1 fully saturated rings. The summed E-state index contributed by atoms with van der Waals surface area (Å²) in [5.74, 6) is -1.91. The van der Waals surface area contributed by atoms with Crippen LogP contribution in [0.1, 0.15) is 80.6 Å². The third-order valence-electron chi connectivity index (χ3n) is 8.55. The topological polar surface area (TPSA) is 146 Å². The molecular weight excluding hydrogens is 595 g/mol. The Kier molecular flexibility index (Phi) is 12.8. The third-order valence-corrected chi connectivity index (χ3v) is 8.55. The average molecular weight is 641 g/mol. The predicted octanol–water partition coefficient (Wildman–Crippen LogP) is 3.82. The van der Waals surface area contributed by atoms with Crippen LogP contribution in [0.15, 0.2) is 36.4 Å². The number of amides is 4. The fraction of sp³-hybridized carbons (Fsp3) is 0.529. The maximum atomic E-state index is 15.0. The summed E-state index contributed by atoms with van der Waals surface area (Å²) in [6.07, 6.45) is 4.71. The highest BCUT2D eigenvalue weighted by atomic mass is 19.1. The van der Waals surface area contributed by atoms with Crippen LogP contribution in [0.4, 0.5) is 4.39 Å².